The molecule has 122 valence electrons. The molecule has 0 aliphatic heterocycles. The average molecular weight is 340 g/mol. The van der Waals surface area contributed by atoms with E-state index >= 15 is 0 Å². The van der Waals surface area contributed by atoms with Gasteiger partial charge in [0.15, 0.2) is 5.13 Å². The van der Waals surface area contributed by atoms with Crippen molar-refractivity contribution in [2.75, 3.05) is 5.32 Å². The molecule has 2 aromatic heterocycles. The van der Waals surface area contributed by atoms with E-state index in [1.54, 1.807) is 6.07 Å². The maximum absolute atomic E-state index is 12.1. The second-order valence-corrected chi connectivity index (χ2v) is 6.23. The zero-order valence-corrected chi connectivity index (χ0v) is 14.1. The highest BCUT2D eigenvalue weighted by Gasteiger charge is 2.10. The number of amides is 1. The van der Waals surface area contributed by atoms with Crippen LogP contribution in [0.15, 0.2) is 46.6 Å². The van der Waals surface area contributed by atoms with E-state index in [9.17, 15) is 9.59 Å². The lowest BCUT2D eigenvalue weighted by molar-refractivity contribution is -0.117. The fourth-order valence-corrected chi connectivity index (χ4v) is 2.98. The lowest BCUT2D eigenvalue weighted by atomic mass is 10.1. The van der Waals surface area contributed by atoms with E-state index in [0.717, 1.165) is 21.5 Å². The zero-order valence-electron chi connectivity index (χ0n) is 13.3. The van der Waals surface area contributed by atoms with Crippen LogP contribution in [-0.2, 0) is 11.3 Å². The molecule has 2 heterocycles. The molecule has 0 unspecified atom stereocenters. The average Bonchev–Trinajstić information content (AvgIpc) is 2.95. The summed E-state index contributed by atoms with van der Waals surface area (Å²) in [5, 5.41) is 9.35. The van der Waals surface area contributed by atoms with Gasteiger partial charge in [0.05, 0.1) is 11.4 Å². The third-order valence-corrected chi connectivity index (χ3v) is 4.32. The van der Waals surface area contributed by atoms with Gasteiger partial charge in [-0.1, -0.05) is 24.3 Å². The number of hydrogen-bond acceptors (Lipinski definition) is 5. The van der Waals surface area contributed by atoms with Gasteiger partial charge in [-0.3, -0.25) is 9.59 Å². The van der Waals surface area contributed by atoms with Gasteiger partial charge in [0.25, 0.3) is 5.56 Å². The first-order valence-electron chi connectivity index (χ1n) is 7.39. The van der Waals surface area contributed by atoms with Gasteiger partial charge in [-0.05, 0) is 25.5 Å². The molecule has 24 heavy (non-hydrogen) atoms. The lowest BCUT2D eigenvalue weighted by Crippen LogP contribution is -2.29. The van der Waals surface area contributed by atoms with Crippen LogP contribution in [0, 0.1) is 13.8 Å². The molecular formula is C17H16N4O2S. The van der Waals surface area contributed by atoms with Crippen molar-refractivity contribution in [3.8, 4) is 11.3 Å². The summed E-state index contributed by atoms with van der Waals surface area (Å²) in [6, 6.07) is 10.9. The highest BCUT2D eigenvalue weighted by molar-refractivity contribution is 7.13. The second-order valence-electron chi connectivity index (χ2n) is 5.37. The Morgan fingerprint density at radius 2 is 2.00 bits per heavy atom. The summed E-state index contributed by atoms with van der Waals surface area (Å²) >= 11 is 1.34. The quantitative estimate of drug-likeness (QED) is 0.792. The summed E-state index contributed by atoms with van der Waals surface area (Å²) in [7, 11) is 0. The van der Waals surface area contributed by atoms with Crippen LogP contribution in [0.2, 0.25) is 0 Å². The number of benzene rings is 1. The van der Waals surface area contributed by atoms with Gasteiger partial charge in [0.1, 0.15) is 6.54 Å². The Kier molecular flexibility index (Phi) is 4.52. The highest BCUT2D eigenvalue weighted by Crippen LogP contribution is 2.19. The first-order chi connectivity index (χ1) is 11.5. The Balaban J connectivity index is 1.83. The minimum Gasteiger partial charge on any atom is -0.300 e. The van der Waals surface area contributed by atoms with E-state index in [-0.39, 0.29) is 18.0 Å². The standard InChI is InChI=1S/C17H16N4O2S/c1-11-5-3-4-6-13(11)14-7-8-16(23)21(20-14)9-15(22)19-17-18-12(2)10-24-17/h3-8,10H,9H2,1-2H3,(H,18,19,22). The summed E-state index contributed by atoms with van der Waals surface area (Å²) in [6.45, 7) is 3.67. The molecular weight excluding hydrogens is 324 g/mol. The number of aryl methyl sites for hydroxylation is 2. The van der Waals surface area contributed by atoms with Crippen LogP contribution in [0.1, 0.15) is 11.3 Å². The van der Waals surface area contributed by atoms with Crippen LogP contribution in [0.4, 0.5) is 5.13 Å². The Bertz CT molecular complexity index is 946. The van der Waals surface area contributed by atoms with Crippen LogP contribution in [0.3, 0.4) is 0 Å². The van der Waals surface area contributed by atoms with E-state index in [4.69, 9.17) is 0 Å². The Morgan fingerprint density at radius 1 is 1.21 bits per heavy atom. The molecule has 0 aliphatic carbocycles. The van der Waals surface area contributed by atoms with Crippen LogP contribution < -0.4 is 10.9 Å². The lowest BCUT2D eigenvalue weighted by Gasteiger charge is -2.08. The van der Waals surface area contributed by atoms with Crippen molar-refractivity contribution in [1.82, 2.24) is 14.8 Å². The first kappa shape index (κ1) is 16.1. The molecule has 0 saturated heterocycles. The maximum Gasteiger partial charge on any atom is 0.267 e. The predicted octanol–water partition coefficient (Wildman–Crippen LogP) is 2.62. The molecule has 0 radical (unpaired) electrons. The van der Waals surface area contributed by atoms with E-state index < -0.39 is 0 Å². The Labute approximate surface area is 142 Å². The van der Waals surface area contributed by atoms with Crippen molar-refractivity contribution in [3.63, 3.8) is 0 Å². The number of thiazole rings is 1. The number of carbonyl (C=O) groups excluding carboxylic acids is 1. The van der Waals surface area contributed by atoms with Gasteiger partial charge in [-0.15, -0.1) is 11.3 Å². The number of nitrogens with zero attached hydrogens (tertiary/aromatic N) is 3. The van der Waals surface area contributed by atoms with E-state index in [2.05, 4.69) is 15.4 Å². The zero-order chi connectivity index (χ0) is 17.1. The van der Waals surface area contributed by atoms with Crippen LogP contribution in [0.5, 0.6) is 0 Å². The second kappa shape index (κ2) is 6.76. The third kappa shape index (κ3) is 3.57. The maximum atomic E-state index is 12.1. The van der Waals surface area contributed by atoms with Crippen molar-refractivity contribution in [1.29, 1.82) is 0 Å². The minimum atomic E-state index is -0.333. The van der Waals surface area contributed by atoms with E-state index in [1.165, 1.54) is 17.4 Å². The van der Waals surface area contributed by atoms with Crippen molar-refractivity contribution in [2.24, 2.45) is 0 Å². The molecule has 0 fully saturated rings. The van der Waals surface area contributed by atoms with Gasteiger partial charge in [-0.2, -0.15) is 5.10 Å². The number of aromatic nitrogens is 3. The summed E-state index contributed by atoms with van der Waals surface area (Å²) in [4.78, 5) is 28.3. The highest BCUT2D eigenvalue weighted by atomic mass is 32.1. The van der Waals surface area contributed by atoms with Gasteiger partial charge >= 0.3 is 0 Å². The molecule has 1 amide bonds. The van der Waals surface area contributed by atoms with Gasteiger partial charge < -0.3 is 5.32 Å². The number of anilines is 1. The summed E-state index contributed by atoms with van der Waals surface area (Å²) in [5.41, 5.74) is 3.16. The smallest absolute Gasteiger partial charge is 0.267 e. The molecule has 3 rings (SSSR count). The van der Waals surface area contributed by atoms with Crippen molar-refractivity contribution in [3.05, 3.63) is 63.4 Å². The van der Waals surface area contributed by atoms with E-state index in [0.29, 0.717) is 10.8 Å². The Morgan fingerprint density at radius 3 is 2.71 bits per heavy atom. The summed E-state index contributed by atoms with van der Waals surface area (Å²) in [5.74, 6) is -0.333. The SMILES string of the molecule is Cc1csc(NC(=O)Cn2nc(-c3ccccc3C)ccc2=O)n1. The first-order valence-corrected chi connectivity index (χ1v) is 8.27. The normalized spacial score (nSPS) is 10.6. The molecule has 0 atom stereocenters. The monoisotopic (exact) mass is 340 g/mol. The van der Waals surface area contributed by atoms with Gasteiger partial charge in [0.2, 0.25) is 5.91 Å². The van der Waals surface area contributed by atoms with Gasteiger partial charge in [-0.25, -0.2) is 9.67 Å². The van der Waals surface area contributed by atoms with Crippen molar-refractivity contribution >= 4 is 22.4 Å². The molecule has 3 aromatic rings. The molecule has 0 spiro atoms. The Hall–Kier alpha value is -2.80. The number of hydrogen-bond donors (Lipinski definition) is 1. The fraction of sp³-hybridized carbons (Fsp3) is 0.176. The molecule has 0 saturated carbocycles. The van der Waals surface area contributed by atoms with Crippen LogP contribution in [-0.4, -0.2) is 20.7 Å². The molecule has 1 N–H and O–H groups in total. The minimum absolute atomic E-state index is 0.156. The molecule has 0 bridgehead atoms. The number of nitrogens with one attached hydrogen (secondary N) is 1. The molecule has 7 heteroatoms. The third-order valence-electron chi connectivity index (χ3n) is 3.45. The van der Waals surface area contributed by atoms with Crippen LogP contribution >= 0.6 is 11.3 Å². The van der Waals surface area contributed by atoms with Crippen LogP contribution in [0.25, 0.3) is 11.3 Å². The number of rotatable bonds is 4. The predicted molar refractivity (Wildman–Crippen MR) is 94.2 cm³/mol. The van der Waals surface area contributed by atoms with Crippen molar-refractivity contribution < 1.29 is 4.79 Å². The molecule has 1 aromatic carbocycles. The number of carbonyl (C=O) groups is 1. The molecule has 6 nitrogen and oxygen atoms in total. The topological polar surface area (TPSA) is 76.9 Å². The van der Waals surface area contributed by atoms with Crippen molar-refractivity contribution in [2.45, 2.75) is 20.4 Å². The van der Waals surface area contributed by atoms with Gasteiger partial charge in [0, 0.05) is 17.0 Å². The van der Waals surface area contributed by atoms with E-state index in [1.807, 2.05) is 43.5 Å². The summed E-state index contributed by atoms with van der Waals surface area (Å²) < 4.78 is 1.16. The fourth-order valence-electron chi connectivity index (χ4n) is 2.27. The summed E-state index contributed by atoms with van der Waals surface area (Å²) in [6.07, 6.45) is 0. The largest absolute Gasteiger partial charge is 0.300 e. The molecule has 0 aliphatic rings.